The summed E-state index contributed by atoms with van der Waals surface area (Å²) in [6, 6.07) is 1.13. The summed E-state index contributed by atoms with van der Waals surface area (Å²) in [6.45, 7) is -0.238. The summed E-state index contributed by atoms with van der Waals surface area (Å²) in [4.78, 5) is 24.2. The molecule has 86 valence electrons. The number of H-pyrrole nitrogens is 1. The zero-order valence-corrected chi connectivity index (χ0v) is 8.09. The van der Waals surface area contributed by atoms with Crippen LogP contribution in [0.3, 0.4) is 0 Å². The van der Waals surface area contributed by atoms with Crippen molar-refractivity contribution in [3.63, 3.8) is 0 Å². The van der Waals surface area contributed by atoms with Crippen LogP contribution in [0.25, 0.3) is 0 Å². The van der Waals surface area contributed by atoms with Gasteiger partial charge in [-0.25, -0.2) is 9.18 Å². The van der Waals surface area contributed by atoms with E-state index in [-0.39, 0.29) is 6.61 Å². The Morgan fingerprint density at radius 2 is 2.31 bits per heavy atom. The molecule has 2 N–H and O–H groups in total. The van der Waals surface area contributed by atoms with Crippen molar-refractivity contribution in [2.24, 2.45) is 0 Å². The van der Waals surface area contributed by atoms with Crippen LogP contribution in [0.5, 0.6) is 0 Å². The lowest BCUT2D eigenvalue weighted by Gasteiger charge is -2.23. The largest absolute Gasteiger partial charge is 0.384 e. The van der Waals surface area contributed by atoms with Gasteiger partial charge in [0.1, 0.15) is 11.9 Å². The molecule has 1 aliphatic rings. The summed E-state index contributed by atoms with van der Waals surface area (Å²) in [5.74, 6) is -0.755. The first-order valence-corrected chi connectivity index (χ1v) is 4.56. The van der Waals surface area contributed by atoms with Crippen molar-refractivity contribution >= 4 is 0 Å². The van der Waals surface area contributed by atoms with E-state index in [1.54, 1.807) is 0 Å². The van der Waals surface area contributed by atoms with Crippen LogP contribution in [0.4, 0.5) is 4.39 Å². The van der Waals surface area contributed by atoms with Crippen LogP contribution in [-0.2, 0) is 4.74 Å². The SMILES string of the molecule is O=c1ccn([C@H]2C=C(F)[C@@H](O)CO2)c(=O)[nH]1. The number of hydrogen-bond donors (Lipinski definition) is 2. The molecule has 16 heavy (non-hydrogen) atoms. The highest BCUT2D eigenvalue weighted by Gasteiger charge is 2.23. The molecule has 2 atom stereocenters. The lowest BCUT2D eigenvalue weighted by atomic mass is 10.2. The maximum absolute atomic E-state index is 13.1. The van der Waals surface area contributed by atoms with Crippen LogP contribution in [0.2, 0.25) is 0 Å². The second-order valence-electron chi connectivity index (χ2n) is 3.31. The maximum atomic E-state index is 13.1. The van der Waals surface area contributed by atoms with Crippen LogP contribution in [0.1, 0.15) is 6.23 Å². The molecule has 0 radical (unpaired) electrons. The Hall–Kier alpha value is -1.73. The van der Waals surface area contributed by atoms with Crippen LogP contribution in [0, 0.1) is 0 Å². The fraction of sp³-hybridized carbons (Fsp3) is 0.333. The number of aromatic amines is 1. The third-order valence-corrected chi connectivity index (χ3v) is 2.17. The monoisotopic (exact) mass is 228 g/mol. The Morgan fingerprint density at radius 3 is 2.94 bits per heavy atom. The van der Waals surface area contributed by atoms with Gasteiger partial charge in [-0.3, -0.25) is 14.3 Å². The number of halogens is 1. The number of nitrogens with zero attached hydrogens (tertiary/aromatic N) is 1. The lowest BCUT2D eigenvalue weighted by molar-refractivity contribution is -0.0346. The van der Waals surface area contributed by atoms with Crippen LogP contribution in [0.15, 0.2) is 33.8 Å². The Morgan fingerprint density at radius 1 is 1.56 bits per heavy atom. The second kappa shape index (κ2) is 4.03. The molecule has 1 aromatic heterocycles. The van der Waals surface area contributed by atoms with Crippen molar-refractivity contribution in [1.82, 2.24) is 9.55 Å². The van der Waals surface area contributed by atoms with Gasteiger partial charge in [0, 0.05) is 12.3 Å². The molecule has 0 saturated carbocycles. The molecule has 1 aliphatic heterocycles. The third kappa shape index (κ3) is 1.95. The molecule has 0 aromatic carbocycles. The van der Waals surface area contributed by atoms with Crippen molar-refractivity contribution in [2.45, 2.75) is 12.3 Å². The van der Waals surface area contributed by atoms with E-state index in [1.807, 2.05) is 4.98 Å². The van der Waals surface area contributed by atoms with E-state index in [2.05, 4.69) is 0 Å². The number of aromatic nitrogens is 2. The predicted octanol–water partition coefficient (Wildman–Crippen LogP) is -0.720. The summed E-state index contributed by atoms with van der Waals surface area (Å²) in [5.41, 5.74) is -1.24. The third-order valence-electron chi connectivity index (χ3n) is 2.17. The first kappa shape index (κ1) is 10.8. The predicted molar refractivity (Wildman–Crippen MR) is 51.5 cm³/mol. The molecule has 7 heteroatoms. The molecule has 0 unspecified atom stereocenters. The number of nitrogens with one attached hydrogen (secondary N) is 1. The number of ether oxygens (including phenoxy) is 1. The van der Waals surface area contributed by atoms with Crippen molar-refractivity contribution < 1.29 is 14.2 Å². The van der Waals surface area contributed by atoms with Gasteiger partial charge >= 0.3 is 5.69 Å². The van der Waals surface area contributed by atoms with Crippen molar-refractivity contribution in [3.05, 3.63) is 45.0 Å². The van der Waals surface area contributed by atoms with Gasteiger partial charge in [-0.15, -0.1) is 0 Å². The molecule has 0 fully saturated rings. The molecule has 2 heterocycles. The minimum absolute atomic E-state index is 0.238. The Labute approximate surface area is 88.6 Å². The van der Waals surface area contributed by atoms with Gasteiger partial charge in [0.15, 0.2) is 6.23 Å². The molecule has 0 amide bonds. The van der Waals surface area contributed by atoms with Crippen molar-refractivity contribution in [2.75, 3.05) is 6.61 Å². The molecule has 2 rings (SSSR count). The van der Waals surface area contributed by atoms with E-state index < -0.39 is 29.4 Å². The summed E-state index contributed by atoms with van der Waals surface area (Å²) in [6.07, 6.45) is -0.0660. The fourth-order valence-corrected chi connectivity index (χ4v) is 1.35. The number of aliphatic hydroxyl groups excluding tert-OH is 1. The normalized spacial score (nSPS) is 25.2. The average Bonchev–Trinajstić information content (AvgIpc) is 2.22. The highest BCUT2D eigenvalue weighted by atomic mass is 19.1. The van der Waals surface area contributed by atoms with E-state index in [0.717, 1.165) is 16.7 Å². The Balaban J connectivity index is 2.39. The number of aliphatic hydroxyl groups is 1. The average molecular weight is 228 g/mol. The minimum atomic E-state index is -1.30. The van der Waals surface area contributed by atoms with Gasteiger partial charge in [0.2, 0.25) is 0 Å². The number of hydrogen-bond acceptors (Lipinski definition) is 4. The maximum Gasteiger partial charge on any atom is 0.330 e. The number of rotatable bonds is 1. The van der Waals surface area contributed by atoms with E-state index >= 15 is 0 Å². The minimum Gasteiger partial charge on any atom is -0.384 e. The van der Waals surface area contributed by atoms with Crippen LogP contribution < -0.4 is 11.2 Å². The van der Waals surface area contributed by atoms with E-state index in [9.17, 15) is 14.0 Å². The molecule has 0 bridgehead atoms. The van der Waals surface area contributed by atoms with Crippen molar-refractivity contribution in [3.8, 4) is 0 Å². The molecular weight excluding hydrogens is 219 g/mol. The summed E-state index contributed by atoms with van der Waals surface area (Å²) < 4.78 is 19.1. The molecule has 0 saturated heterocycles. The lowest BCUT2D eigenvalue weighted by Crippen LogP contribution is -2.35. The van der Waals surface area contributed by atoms with Gasteiger partial charge in [-0.05, 0) is 6.08 Å². The molecular formula is C9H9FN2O4. The standard InChI is InChI=1S/C9H9FN2O4/c10-5-3-8(16-4-6(5)13)12-2-1-7(14)11-9(12)15/h1-3,6,8,13H,4H2,(H,11,14,15)/t6-,8+/m0/s1. The smallest absolute Gasteiger partial charge is 0.330 e. The molecule has 0 spiro atoms. The van der Waals surface area contributed by atoms with E-state index in [1.165, 1.54) is 6.20 Å². The fourth-order valence-electron chi connectivity index (χ4n) is 1.35. The quantitative estimate of drug-likeness (QED) is 0.664. The zero-order chi connectivity index (χ0) is 11.7. The van der Waals surface area contributed by atoms with Crippen LogP contribution in [-0.4, -0.2) is 27.4 Å². The van der Waals surface area contributed by atoms with Gasteiger partial charge in [-0.1, -0.05) is 0 Å². The first-order valence-electron chi connectivity index (χ1n) is 4.56. The van der Waals surface area contributed by atoms with Gasteiger partial charge in [-0.2, -0.15) is 0 Å². The van der Waals surface area contributed by atoms with Gasteiger partial charge in [0.25, 0.3) is 5.56 Å². The topological polar surface area (TPSA) is 84.3 Å². The molecule has 6 nitrogen and oxygen atoms in total. The van der Waals surface area contributed by atoms with Gasteiger partial charge in [0.05, 0.1) is 6.61 Å². The van der Waals surface area contributed by atoms with E-state index in [0.29, 0.717) is 0 Å². The summed E-state index contributed by atoms with van der Waals surface area (Å²) >= 11 is 0. The highest BCUT2D eigenvalue weighted by molar-refractivity contribution is 5.05. The van der Waals surface area contributed by atoms with E-state index in [4.69, 9.17) is 9.84 Å². The highest BCUT2D eigenvalue weighted by Crippen LogP contribution is 2.20. The molecule has 1 aromatic rings. The van der Waals surface area contributed by atoms with Crippen molar-refractivity contribution in [1.29, 1.82) is 0 Å². The molecule has 0 aliphatic carbocycles. The Kier molecular flexibility index (Phi) is 2.71. The van der Waals surface area contributed by atoms with Crippen LogP contribution >= 0.6 is 0 Å². The Bertz CT molecular complexity index is 533. The summed E-state index contributed by atoms with van der Waals surface area (Å²) in [5, 5.41) is 9.04. The second-order valence-corrected chi connectivity index (χ2v) is 3.31. The van der Waals surface area contributed by atoms with Gasteiger partial charge < -0.3 is 9.84 Å². The first-order chi connectivity index (χ1) is 7.58. The zero-order valence-electron chi connectivity index (χ0n) is 8.09. The summed E-state index contributed by atoms with van der Waals surface area (Å²) in [7, 11) is 0.